The fraction of sp³-hybridized carbons (Fsp3) is 0.611. The molecular weight excluding hydrogens is 323 g/mol. The molecule has 0 heterocycles. The van der Waals surface area contributed by atoms with E-state index in [1.165, 1.54) is 6.07 Å². The average molecular weight is 355 g/mol. The standard InChI is InChI=1S/C18H31FN4S/c1-6-20-17(21-9-10-23-18(2,3)4)22-12-14-7-8-16(19)11-15(14)13-24-5/h7-8,11,23H,6,9-10,12-13H2,1-5H3,(H2,20,21,22). The lowest BCUT2D eigenvalue weighted by atomic mass is 10.1. The fourth-order valence-corrected chi connectivity index (χ4v) is 2.74. The fourth-order valence-electron chi connectivity index (χ4n) is 2.16. The second-order valence-corrected chi connectivity index (χ2v) is 7.51. The summed E-state index contributed by atoms with van der Waals surface area (Å²) in [6.45, 7) is 11.5. The van der Waals surface area contributed by atoms with E-state index >= 15 is 0 Å². The Labute approximate surface area is 150 Å². The van der Waals surface area contributed by atoms with E-state index in [9.17, 15) is 4.39 Å². The Morgan fingerprint density at radius 1 is 1.17 bits per heavy atom. The van der Waals surface area contributed by atoms with Crippen LogP contribution in [-0.2, 0) is 12.3 Å². The number of aliphatic imine (C=N–C) groups is 1. The predicted molar refractivity (Wildman–Crippen MR) is 104 cm³/mol. The summed E-state index contributed by atoms with van der Waals surface area (Å²) in [6, 6.07) is 4.94. The van der Waals surface area contributed by atoms with E-state index in [1.54, 1.807) is 17.8 Å². The molecule has 0 spiro atoms. The number of guanidine groups is 1. The predicted octanol–water partition coefficient (Wildman–Crippen LogP) is 3.13. The summed E-state index contributed by atoms with van der Waals surface area (Å²) in [5.41, 5.74) is 2.19. The lowest BCUT2D eigenvalue weighted by Gasteiger charge is -2.21. The molecule has 1 rings (SSSR count). The van der Waals surface area contributed by atoms with Crippen molar-refractivity contribution < 1.29 is 4.39 Å². The minimum Gasteiger partial charge on any atom is -0.357 e. The van der Waals surface area contributed by atoms with Crippen LogP contribution in [0.1, 0.15) is 38.8 Å². The van der Waals surface area contributed by atoms with E-state index in [-0.39, 0.29) is 11.4 Å². The van der Waals surface area contributed by atoms with Crippen LogP contribution in [0.5, 0.6) is 0 Å². The third-order valence-electron chi connectivity index (χ3n) is 3.29. The van der Waals surface area contributed by atoms with Crippen LogP contribution >= 0.6 is 11.8 Å². The van der Waals surface area contributed by atoms with Gasteiger partial charge in [-0.05, 0) is 57.2 Å². The van der Waals surface area contributed by atoms with Gasteiger partial charge in [0.15, 0.2) is 5.96 Å². The molecule has 0 radical (unpaired) electrons. The maximum atomic E-state index is 13.4. The number of hydrogen-bond acceptors (Lipinski definition) is 3. The highest BCUT2D eigenvalue weighted by Gasteiger charge is 2.08. The SMILES string of the molecule is CCNC(=NCc1ccc(F)cc1CSC)NCCNC(C)(C)C. The first-order chi connectivity index (χ1) is 11.4. The monoisotopic (exact) mass is 354 g/mol. The molecule has 0 fully saturated rings. The smallest absolute Gasteiger partial charge is 0.191 e. The van der Waals surface area contributed by atoms with Crippen molar-refractivity contribution in [3.63, 3.8) is 0 Å². The number of rotatable bonds is 8. The molecule has 0 bridgehead atoms. The number of thioether (sulfide) groups is 1. The molecule has 1 aromatic carbocycles. The summed E-state index contributed by atoms with van der Waals surface area (Å²) in [5, 5.41) is 10.0. The lowest BCUT2D eigenvalue weighted by molar-refractivity contribution is 0.428. The molecule has 3 N–H and O–H groups in total. The maximum Gasteiger partial charge on any atom is 0.191 e. The Kier molecular flexibility index (Phi) is 9.14. The number of halogens is 1. The second-order valence-electron chi connectivity index (χ2n) is 6.64. The van der Waals surface area contributed by atoms with Gasteiger partial charge in [0.2, 0.25) is 0 Å². The molecule has 0 saturated heterocycles. The summed E-state index contributed by atoms with van der Waals surface area (Å²) in [5.74, 6) is 1.39. The summed E-state index contributed by atoms with van der Waals surface area (Å²) in [7, 11) is 0. The van der Waals surface area contributed by atoms with Gasteiger partial charge in [-0.2, -0.15) is 11.8 Å². The molecule has 1 aromatic rings. The van der Waals surface area contributed by atoms with Crippen LogP contribution in [0.25, 0.3) is 0 Å². The van der Waals surface area contributed by atoms with Gasteiger partial charge < -0.3 is 16.0 Å². The molecular formula is C18H31FN4S. The Hall–Kier alpha value is -1.27. The van der Waals surface area contributed by atoms with Gasteiger partial charge >= 0.3 is 0 Å². The van der Waals surface area contributed by atoms with Gasteiger partial charge in [-0.3, -0.25) is 0 Å². The summed E-state index contributed by atoms with van der Waals surface area (Å²) >= 11 is 1.69. The molecule has 0 aliphatic heterocycles. The normalized spacial score (nSPS) is 12.3. The van der Waals surface area contributed by atoms with Crippen LogP contribution in [0.15, 0.2) is 23.2 Å². The largest absolute Gasteiger partial charge is 0.357 e. The summed E-state index contributed by atoms with van der Waals surface area (Å²) in [4.78, 5) is 4.63. The first-order valence-electron chi connectivity index (χ1n) is 8.39. The van der Waals surface area contributed by atoms with Gasteiger partial charge in [-0.25, -0.2) is 9.38 Å². The molecule has 0 aliphatic carbocycles. The Bertz CT molecular complexity index is 526. The molecule has 0 aliphatic rings. The molecule has 0 amide bonds. The van der Waals surface area contributed by atoms with Crippen molar-refractivity contribution in [2.75, 3.05) is 25.9 Å². The van der Waals surface area contributed by atoms with Gasteiger partial charge in [0.05, 0.1) is 6.54 Å². The van der Waals surface area contributed by atoms with Crippen LogP contribution in [0.4, 0.5) is 4.39 Å². The van der Waals surface area contributed by atoms with Crippen LogP contribution in [0, 0.1) is 5.82 Å². The molecule has 24 heavy (non-hydrogen) atoms. The number of nitrogens with one attached hydrogen (secondary N) is 3. The zero-order valence-corrected chi connectivity index (χ0v) is 16.3. The minimum absolute atomic E-state index is 0.109. The second kappa shape index (κ2) is 10.6. The van der Waals surface area contributed by atoms with E-state index in [1.807, 2.05) is 19.2 Å². The quantitative estimate of drug-likeness (QED) is 0.381. The van der Waals surface area contributed by atoms with Crippen LogP contribution in [-0.4, -0.2) is 37.4 Å². The molecule has 0 atom stereocenters. The van der Waals surface area contributed by atoms with Crippen molar-refractivity contribution in [2.24, 2.45) is 4.99 Å². The van der Waals surface area contributed by atoms with Gasteiger partial charge in [-0.1, -0.05) is 6.07 Å². The van der Waals surface area contributed by atoms with Crippen molar-refractivity contribution in [1.29, 1.82) is 0 Å². The van der Waals surface area contributed by atoms with Crippen LogP contribution in [0.3, 0.4) is 0 Å². The van der Waals surface area contributed by atoms with E-state index in [0.717, 1.165) is 42.5 Å². The third kappa shape index (κ3) is 8.55. The van der Waals surface area contributed by atoms with E-state index in [4.69, 9.17) is 0 Å². The topological polar surface area (TPSA) is 48.5 Å². The Morgan fingerprint density at radius 2 is 1.92 bits per heavy atom. The Morgan fingerprint density at radius 3 is 2.54 bits per heavy atom. The molecule has 6 heteroatoms. The number of nitrogens with zero attached hydrogens (tertiary/aromatic N) is 1. The molecule has 0 unspecified atom stereocenters. The maximum absolute atomic E-state index is 13.4. The first kappa shape index (κ1) is 20.8. The highest BCUT2D eigenvalue weighted by atomic mass is 32.2. The summed E-state index contributed by atoms with van der Waals surface area (Å²) in [6.07, 6.45) is 2.02. The van der Waals surface area contributed by atoms with Crippen LogP contribution in [0.2, 0.25) is 0 Å². The van der Waals surface area contributed by atoms with Crippen molar-refractivity contribution in [3.05, 3.63) is 35.1 Å². The zero-order chi connectivity index (χ0) is 18.0. The molecule has 0 aromatic heterocycles. The summed E-state index contributed by atoms with van der Waals surface area (Å²) < 4.78 is 13.4. The van der Waals surface area contributed by atoms with E-state index < -0.39 is 0 Å². The first-order valence-corrected chi connectivity index (χ1v) is 9.78. The third-order valence-corrected chi connectivity index (χ3v) is 3.89. The zero-order valence-electron chi connectivity index (χ0n) is 15.5. The van der Waals surface area contributed by atoms with Crippen molar-refractivity contribution in [3.8, 4) is 0 Å². The van der Waals surface area contributed by atoms with Crippen molar-refractivity contribution >= 4 is 17.7 Å². The minimum atomic E-state index is -0.190. The van der Waals surface area contributed by atoms with Crippen LogP contribution < -0.4 is 16.0 Å². The lowest BCUT2D eigenvalue weighted by Crippen LogP contribution is -2.44. The molecule has 4 nitrogen and oxygen atoms in total. The van der Waals surface area contributed by atoms with Gasteiger partial charge in [-0.15, -0.1) is 0 Å². The number of hydrogen-bond donors (Lipinski definition) is 3. The highest BCUT2D eigenvalue weighted by Crippen LogP contribution is 2.17. The Balaban J connectivity index is 2.65. The van der Waals surface area contributed by atoms with Gasteiger partial charge in [0.1, 0.15) is 5.82 Å². The van der Waals surface area contributed by atoms with E-state index in [0.29, 0.717) is 6.54 Å². The van der Waals surface area contributed by atoms with Gasteiger partial charge in [0, 0.05) is 30.9 Å². The average Bonchev–Trinajstić information content (AvgIpc) is 2.50. The molecule has 136 valence electrons. The van der Waals surface area contributed by atoms with Crippen molar-refractivity contribution in [2.45, 2.75) is 45.5 Å². The van der Waals surface area contributed by atoms with E-state index in [2.05, 4.69) is 41.7 Å². The molecule has 0 saturated carbocycles. The number of benzene rings is 1. The van der Waals surface area contributed by atoms with Gasteiger partial charge in [0.25, 0.3) is 0 Å². The van der Waals surface area contributed by atoms with Crippen molar-refractivity contribution in [1.82, 2.24) is 16.0 Å². The highest BCUT2D eigenvalue weighted by molar-refractivity contribution is 7.97.